The fourth-order valence-corrected chi connectivity index (χ4v) is 2.55. The van der Waals surface area contributed by atoms with Gasteiger partial charge in [-0.25, -0.2) is 0 Å². The van der Waals surface area contributed by atoms with Crippen LogP contribution in [0, 0.1) is 5.41 Å². The van der Waals surface area contributed by atoms with E-state index < -0.39 is 0 Å². The third-order valence-corrected chi connectivity index (χ3v) is 4.04. The van der Waals surface area contributed by atoms with Gasteiger partial charge in [0.15, 0.2) is 0 Å². The van der Waals surface area contributed by atoms with Crippen molar-refractivity contribution in [2.45, 2.75) is 39.2 Å². The minimum atomic E-state index is 0. The van der Waals surface area contributed by atoms with Crippen molar-refractivity contribution >= 4 is 30.7 Å². The van der Waals surface area contributed by atoms with Crippen molar-refractivity contribution in [1.29, 1.82) is 0 Å². The predicted octanol–water partition coefficient (Wildman–Crippen LogP) is 2.44. The summed E-state index contributed by atoms with van der Waals surface area (Å²) < 4.78 is 0. The van der Waals surface area contributed by atoms with Crippen LogP contribution in [0.1, 0.15) is 32.3 Å². The highest BCUT2D eigenvalue weighted by Gasteiger charge is 2.34. The number of nitrogens with two attached hydrogens (primary N) is 1. The summed E-state index contributed by atoms with van der Waals surface area (Å²) in [7, 11) is 0. The van der Waals surface area contributed by atoms with Gasteiger partial charge in [-0.15, -0.1) is 24.8 Å². The molecule has 1 aliphatic heterocycles. The molecule has 1 aromatic rings. The van der Waals surface area contributed by atoms with Crippen molar-refractivity contribution in [3.8, 4) is 0 Å². The van der Waals surface area contributed by atoms with Crippen LogP contribution < -0.4 is 5.73 Å². The predicted molar refractivity (Wildman–Crippen MR) is 90.0 cm³/mol. The van der Waals surface area contributed by atoms with Crippen molar-refractivity contribution in [1.82, 2.24) is 9.88 Å². The van der Waals surface area contributed by atoms with E-state index in [-0.39, 0.29) is 42.2 Å². The first-order valence-corrected chi connectivity index (χ1v) is 6.91. The van der Waals surface area contributed by atoms with Gasteiger partial charge in [-0.05, 0) is 36.0 Å². The summed E-state index contributed by atoms with van der Waals surface area (Å²) in [6.07, 6.45) is 5.78. The zero-order valence-electron chi connectivity index (χ0n) is 12.6. The minimum absolute atomic E-state index is 0. The van der Waals surface area contributed by atoms with Crippen LogP contribution in [0.5, 0.6) is 0 Å². The van der Waals surface area contributed by atoms with Gasteiger partial charge in [0.05, 0.1) is 0 Å². The molecule has 2 heterocycles. The SMILES string of the molecule is CC1(C)CN(C(=O)CCc2ccncc2)CCC1N.Cl.Cl. The molecule has 2 rings (SSSR count). The molecule has 1 unspecified atom stereocenters. The number of carbonyl (C=O) groups is 1. The first-order valence-electron chi connectivity index (χ1n) is 6.91. The van der Waals surface area contributed by atoms with Crippen LogP contribution in [0.25, 0.3) is 0 Å². The summed E-state index contributed by atoms with van der Waals surface area (Å²) >= 11 is 0. The first-order chi connectivity index (χ1) is 8.99. The van der Waals surface area contributed by atoms with Crippen LogP contribution in [0.2, 0.25) is 0 Å². The summed E-state index contributed by atoms with van der Waals surface area (Å²) in [5.74, 6) is 0.233. The molecule has 0 saturated carbocycles. The topological polar surface area (TPSA) is 59.2 Å². The lowest BCUT2D eigenvalue weighted by atomic mass is 9.79. The largest absolute Gasteiger partial charge is 0.342 e. The van der Waals surface area contributed by atoms with E-state index in [4.69, 9.17) is 5.73 Å². The number of rotatable bonds is 3. The second kappa shape index (κ2) is 8.57. The van der Waals surface area contributed by atoms with E-state index >= 15 is 0 Å². The fourth-order valence-electron chi connectivity index (χ4n) is 2.55. The van der Waals surface area contributed by atoms with Gasteiger partial charge >= 0.3 is 0 Å². The number of likely N-dealkylation sites (tertiary alicyclic amines) is 1. The van der Waals surface area contributed by atoms with E-state index in [1.54, 1.807) is 12.4 Å². The maximum atomic E-state index is 12.2. The molecule has 1 atom stereocenters. The fraction of sp³-hybridized carbons (Fsp3) is 0.600. The van der Waals surface area contributed by atoms with E-state index in [1.807, 2.05) is 17.0 Å². The van der Waals surface area contributed by atoms with Gasteiger partial charge in [0.2, 0.25) is 5.91 Å². The smallest absolute Gasteiger partial charge is 0.222 e. The zero-order valence-corrected chi connectivity index (χ0v) is 14.3. The Morgan fingerprint density at radius 3 is 2.57 bits per heavy atom. The average Bonchev–Trinajstić information content (AvgIpc) is 2.40. The summed E-state index contributed by atoms with van der Waals surface area (Å²) in [5, 5.41) is 0. The second-order valence-corrected chi connectivity index (χ2v) is 6.05. The highest BCUT2D eigenvalue weighted by Crippen LogP contribution is 2.28. The van der Waals surface area contributed by atoms with E-state index in [2.05, 4.69) is 18.8 Å². The van der Waals surface area contributed by atoms with Crippen LogP contribution in [0.3, 0.4) is 0 Å². The van der Waals surface area contributed by atoms with Gasteiger partial charge in [0.25, 0.3) is 0 Å². The Bertz CT molecular complexity index is 440. The lowest BCUT2D eigenvalue weighted by molar-refractivity contribution is -0.134. The molecule has 4 nitrogen and oxygen atoms in total. The first kappa shape index (κ1) is 20.2. The highest BCUT2D eigenvalue weighted by molar-refractivity contribution is 5.85. The Balaban J connectivity index is 0.00000200. The number of halogens is 2. The highest BCUT2D eigenvalue weighted by atomic mass is 35.5. The molecule has 21 heavy (non-hydrogen) atoms. The third kappa shape index (κ3) is 5.46. The van der Waals surface area contributed by atoms with Crippen molar-refractivity contribution in [2.75, 3.05) is 13.1 Å². The maximum Gasteiger partial charge on any atom is 0.222 e. The van der Waals surface area contributed by atoms with Crippen molar-refractivity contribution < 1.29 is 4.79 Å². The molecule has 1 aromatic heterocycles. The number of aromatic nitrogens is 1. The molecule has 2 N–H and O–H groups in total. The molecule has 120 valence electrons. The molecule has 0 bridgehead atoms. The normalized spacial score (nSPS) is 20.1. The van der Waals surface area contributed by atoms with Crippen molar-refractivity contribution in [2.24, 2.45) is 11.1 Å². The van der Waals surface area contributed by atoms with Gasteiger partial charge in [-0.1, -0.05) is 13.8 Å². The Kier molecular flexibility index (Phi) is 8.22. The Labute approximate surface area is 139 Å². The van der Waals surface area contributed by atoms with Crippen LogP contribution in [0.4, 0.5) is 0 Å². The van der Waals surface area contributed by atoms with E-state index in [1.165, 1.54) is 0 Å². The van der Waals surface area contributed by atoms with Crippen LogP contribution in [-0.2, 0) is 11.2 Å². The van der Waals surface area contributed by atoms with Gasteiger partial charge in [-0.2, -0.15) is 0 Å². The Hall–Kier alpha value is -0.840. The number of nitrogens with zero attached hydrogens (tertiary/aromatic N) is 2. The minimum Gasteiger partial charge on any atom is -0.342 e. The molecule has 6 heteroatoms. The standard InChI is InChI=1S/C15H23N3O.2ClH/c1-15(2)11-18(10-7-13(15)16)14(19)4-3-12-5-8-17-9-6-12;;/h5-6,8-9,13H,3-4,7,10-11,16H2,1-2H3;2*1H. The quantitative estimate of drug-likeness (QED) is 0.924. The molecule has 0 aliphatic carbocycles. The average molecular weight is 334 g/mol. The molecule has 1 amide bonds. The van der Waals surface area contributed by atoms with Crippen LogP contribution >= 0.6 is 24.8 Å². The number of pyridine rings is 1. The molecule has 0 aromatic carbocycles. The third-order valence-electron chi connectivity index (χ3n) is 4.04. The number of carbonyl (C=O) groups excluding carboxylic acids is 1. The van der Waals surface area contributed by atoms with Gasteiger partial charge in [0, 0.05) is 37.9 Å². The van der Waals surface area contributed by atoms with Gasteiger partial charge in [0.1, 0.15) is 0 Å². The van der Waals surface area contributed by atoms with Crippen LogP contribution in [0.15, 0.2) is 24.5 Å². The van der Waals surface area contributed by atoms with Crippen molar-refractivity contribution in [3.05, 3.63) is 30.1 Å². The summed E-state index contributed by atoms with van der Waals surface area (Å²) in [4.78, 5) is 18.2. The molecular formula is C15H25Cl2N3O. The van der Waals surface area contributed by atoms with E-state index in [9.17, 15) is 4.79 Å². The lowest BCUT2D eigenvalue weighted by Crippen LogP contribution is -2.54. The molecule has 1 fully saturated rings. The number of aryl methyl sites for hydroxylation is 1. The molecule has 0 spiro atoms. The monoisotopic (exact) mass is 333 g/mol. The zero-order chi connectivity index (χ0) is 13.9. The van der Waals surface area contributed by atoms with Crippen LogP contribution in [-0.4, -0.2) is 34.9 Å². The maximum absolute atomic E-state index is 12.2. The number of hydrogen-bond acceptors (Lipinski definition) is 3. The summed E-state index contributed by atoms with van der Waals surface area (Å²) in [6.45, 7) is 5.84. The Morgan fingerprint density at radius 2 is 2.00 bits per heavy atom. The summed E-state index contributed by atoms with van der Waals surface area (Å²) in [6, 6.07) is 4.11. The Morgan fingerprint density at radius 1 is 1.38 bits per heavy atom. The van der Waals surface area contributed by atoms with Gasteiger partial charge < -0.3 is 10.6 Å². The summed E-state index contributed by atoms with van der Waals surface area (Å²) in [5.41, 5.74) is 7.28. The second-order valence-electron chi connectivity index (χ2n) is 6.05. The van der Waals surface area contributed by atoms with E-state index in [0.29, 0.717) is 6.42 Å². The molecule has 0 radical (unpaired) electrons. The number of amides is 1. The number of piperidine rings is 1. The molecule has 1 aliphatic rings. The molecular weight excluding hydrogens is 309 g/mol. The van der Waals surface area contributed by atoms with Gasteiger partial charge in [-0.3, -0.25) is 9.78 Å². The lowest BCUT2D eigenvalue weighted by Gasteiger charge is -2.42. The van der Waals surface area contributed by atoms with E-state index in [0.717, 1.165) is 31.5 Å². The van der Waals surface area contributed by atoms with Crippen molar-refractivity contribution in [3.63, 3.8) is 0 Å². The number of hydrogen-bond donors (Lipinski definition) is 1. The molecule has 1 saturated heterocycles.